The van der Waals surface area contributed by atoms with Gasteiger partial charge in [-0.25, -0.2) is 4.39 Å². The number of halogens is 1. The first-order valence-corrected chi connectivity index (χ1v) is 6.02. The maximum Gasteiger partial charge on any atom is 0.123 e. The Morgan fingerprint density at radius 2 is 2.17 bits per heavy atom. The van der Waals surface area contributed by atoms with Crippen molar-refractivity contribution in [3.63, 3.8) is 0 Å². The molecular formula is C14H18FN3. The van der Waals surface area contributed by atoms with Gasteiger partial charge in [-0.05, 0) is 44.2 Å². The summed E-state index contributed by atoms with van der Waals surface area (Å²) in [6, 6.07) is 8.92. The number of hydrogen-bond acceptors (Lipinski definition) is 2. The monoisotopic (exact) mass is 247 g/mol. The van der Waals surface area contributed by atoms with Crippen LogP contribution in [0.2, 0.25) is 0 Å². The van der Waals surface area contributed by atoms with E-state index in [1.165, 1.54) is 6.07 Å². The van der Waals surface area contributed by atoms with Crippen LogP contribution in [0.4, 0.5) is 4.39 Å². The number of likely N-dealkylation sites (N-methyl/N-ethyl adjacent to an activating group) is 1. The highest BCUT2D eigenvalue weighted by Crippen LogP contribution is 2.19. The van der Waals surface area contributed by atoms with Crippen molar-refractivity contribution in [2.45, 2.75) is 19.4 Å². The average molecular weight is 247 g/mol. The summed E-state index contributed by atoms with van der Waals surface area (Å²) in [5.41, 5.74) is 3.08. The van der Waals surface area contributed by atoms with Crippen LogP contribution in [0.25, 0.3) is 0 Å². The lowest BCUT2D eigenvalue weighted by Crippen LogP contribution is -2.21. The summed E-state index contributed by atoms with van der Waals surface area (Å²) in [5, 5.41) is 7.60. The molecule has 0 saturated carbocycles. The molecule has 4 heteroatoms. The van der Waals surface area contributed by atoms with E-state index in [1.807, 2.05) is 31.8 Å². The summed E-state index contributed by atoms with van der Waals surface area (Å²) < 4.78 is 15.0. The maximum absolute atomic E-state index is 13.2. The summed E-state index contributed by atoms with van der Waals surface area (Å²) in [6.45, 7) is 1.97. The third-order valence-corrected chi connectivity index (χ3v) is 3.07. The molecular weight excluding hydrogens is 229 g/mol. The van der Waals surface area contributed by atoms with Gasteiger partial charge in [0.05, 0.1) is 17.4 Å². The number of benzene rings is 1. The predicted molar refractivity (Wildman–Crippen MR) is 69.8 cm³/mol. The van der Waals surface area contributed by atoms with Crippen molar-refractivity contribution in [3.8, 4) is 0 Å². The molecule has 18 heavy (non-hydrogen) atoms. The fourth-order valence-corrected chi connectivity index (χ4v) is 2.21. The Kier molecular flexibility index (Phi) is 3.77. The van der Waals surface area contributed by atoms with Crippen molar-refractivity contribution in [1.29, 1.82) is 0 Å². The minimum Gasteiger partial charge on any atom is -0.311 e. The molecule has 1 aromatic carbocycles. The first-order valence-electron chi connectivity index (χ1n) is 6.02. The van der Waals surface area contributed by atoms with Gasteiger partial charge in [-0.15, -0.1) is 0 Å². The molecule has 0 spiro atoms. The van der Waals surface area contributed by atoms with E-state index in [0.717, 1.165) is 23.4 Å². The number of aromatic nitrogens is 2. The van der Waals surface area contributed by atoms with Crippen LogP contribution in [0.3, 0.4) is 0 Å². The Morgan fingerprint density at radius 3 is 2.72 bits per heavy atom. The van der Waals surface area contributed by atoms with Gasteiger partial charge in [-0.3, -0.25) is 4.68 Å². The van der Waals surface area contributed by atoms with Crippen molar-refractivity contribution < 1.29 is 4.39 Å². The van der Waals surface area contributed by atoms with Gasteiger partial charge in [-0.2, -0.15) is 5.10 Å². The van der Waals surface area contributed by atoms with E-state index >= 15 is 0 Å². The number of rotatable bonds is 4. The number of nitrogens with zero attached hydrogens (tertiary/aromatic N) is 2. The van der Waals surface area contributed by atoms with Gasteiger partial charge in [0.25, 0.3) is 0 Å². The molecule has 3 nitrogen and oxygen atoms in total. The van der Waals surface area contributed by atoms with Crippen LogP contribution in [0.1, 0.15) is 23.0 Å². The summed E-state index contributed by atoms with van der Waals surface area (Å²) in [4.78, 5) is 0. The Bertz CT molecular complexity index is 534. The first kappa shape index (κ1) is 12.8. The van der Waals surface area contributed by atoms with E-state index in [-0.39, 0.29) is 11.9 Å². The first-order chi connectivity index (χ1) is 8.60. The molecule has 0 radical (unpaired) electrons. The third kappa shape index (κ3) is 2.76. The fourth-order valence-electron chi connectivity index (χ4n) is 2.21. The normalized spacial score (nSPS) is 12.7. The second-order valence-corrected chi connectivity index (χ2v) is 4.51. The molecule has 0 aliphatic heterocycles. The van der Waals surface area contributed by atoms with E-state index in [2.05, 4.69) is 16.5 Å². The minimum atomic E-state index is -0.191. The topological polar surface area (TPSA) is 29.9 Å². The summed E-state index contributed by atoms with van der Waals surface area (Å²) in [7, 11) is 3.84. The molecule has 2 rings (SSSR count). The summed E-state index contributed by atoms with van der Waals surface area (Å²) in [6.07, 6.45) is 0.743. The van der Waals surface area contributed by atoms with E-state index in [9.17, 15) is 4.39 Å². The number of hydrogen-bond donors (Lipinski definition) is 1. The Morgan fingerprint density at radius 1 is 1.39 bits per heavy atom. The van der Waals surface area contributed by atoms with Gasteiger partial charge in [-0.1, -0.05) is 12.1 Å². The molecule has 1 N–H and O–H groups in total. The lowest BCUT2D eigenvalue weighted by atomic mass is 10.0. The van der Waals surface area contributed by atoms with Crippen LogP contribution in [-0.4, -0.2) is 16.8 Å². The molecule has 0 aliphatic carbocycles. The van der Waals surface area contributed by atoms with E-state index in [0.29, 0.717) is 0 Å². The van der Waals surface area contributed by atoms with Gasteiger partial charge in [0.1, 0.15) is 5.82 Å². The molecule has 0 bridgehead atoms. The van der Waals surface area contributed by atoms with Crippen LogP contribution >= 0.6 is 0 Å². The Labute approximate surface area is 107 Å². The molecule has 0 fully saturated rings. The van der Waals surface area contributed by atoms with Gasteiger partial charge in [0, 0.05) is 7.05 Å². The summed E-state index contributed by atoms with van der Waals surface area (Å²) in [5.74, 6) is -0.191. The number of nitrogens with one attached hydrogen (secondary N) is 1. The third-order valence-electron chi connectivity index (χ3n) is 3.07. The minimum absolute atomic E-state index is 0.137. The highest BCUT2D eigenvalue weighted by atomic mass is 19.1. The molecule has 1 unspecified atom stereocenters. The van der Waals surface area contributed by atoms with Crippen molar-refractivity contribution >= 4 is 0 Å². The molecule has 0 aliphatic rings. The molecule has 1 aromatic heterocycles. The number of aryl methyl sites for hydroxylation is 2. The zero-order valence-corrected chi connectivity index (χ0v) is 10.9. The van der Waals surface area contributed by atoms with Crippen LogP contribution in [0.15, 0.2) is 30.3 Å². The van der Waals surface area contributed by atoms with Crippen LogP contribution < -0.4 is 5.32 Å². The smallest absolute Gasteiger partial charge is 0.123 e. The maximum atomic E-state index is 13.2. The van der Waals surface area contributed by atoms with Crippen LogP contribution in [0, 0.1) is 12.7 Å². The Hall–Kier alpha value is -1.68. The highest BCUT2D eigenvalue weighted by molar-refractivity contribution is 5.21. The lowest BCUT2D eigenvalue weighted by molar-refractivity contribution is 0.534. The molecule has 96 valence electrons. The standard InChI is InChI=1S/C14H18FN3/c1-10-7-14(18(3)17-10)13(16-2)9-11-5-4-6-12(15)8-11/h4-8,13,16H,9H2,1-3H3. The van der Waals surface area contributed by atoms with Crippen LogP contribution in [-0.2, 0) is 13.5 Å². The highest BCUT2D eigenvalue weighted by Gasteiger charge is 2.15. The largest absolute Gasteiger partial charge is 0.311 e. The quantitative estimate of drug-likeness (QED) is 0.899. The second kappa shape index (κ2) is 5.31. The second-order valence-electron chi connectivity index (χ2n) is 4.51. The van der Waals surface area contributed by atoms with Crippen molar-refractivity contribution in [2.75, 3.05) is 7.05 Å². The van der Waals surface area contributed by atoms with Crippen molar-refractivity contribution in [1.82, 2.24) is 15.1 Å². The van der Waals surface area contributed by atoms with Gasteiger partial charge in [0.15, 0.2) is 0 Å². The lowest BCUT2D eigenvalue weighted by Gasteiger charge is -2.16. The van der Waals surface area contributed by atoms with E-state index in [1.54, 1.807) is 12.1 Å². The average Bonchev–Trinajstić information content (AvgIpc) is 2.65. The molecule has 1 heterocycles. The zero-order chi connectivity index (χ0) is 13.1. The Balaban J connectivity index is 2.22. The van der Waals surface area contributed by atoms with Crippen LogP contribution in [0.5, 0.6) is 0 Å². The summed E-state index contributed by atoms with van der Waals surface area (Å²) >= 11 is 0. The predicted octanol–water partition coefficient (Wildman–Crippen LogP) is 2.37. The molecule has 0 saturated heterocycles. The van der Waals surface area contributed by atoms with E-state index < -0.39 is 0 Å². The molecule has 2 aromatic rings. The molecule has 1 atom stereocenters. The van der Waals surface area contributed by atoms with Gasteiger partial charge < -0.3 is 5.32 Å². The molecule has 0 amide bonds. The van der Waals surface area contributed by atoms with E-state index in [4.69, 9.17) is 0 Å². The SMILES string of the molecule is CNC(Cc1cccc(F)c1)c1cc(C)nn1C. The fraction of sp³-hybridized carbons (Fsp3) is 0.357. The zero-order valence-electron chi connectivity index (χ0n) is 10.9. The van der Waals surface area contributed by atoms with Crippen molar-refractivity contribution in [2.24, 2.45) is 7.05 Å². The van der Waals surface area contributed by atoms with Gasteiger partial charge in [0.2, 0.25) is 0 Å². The van der Waals surface area contributed by atoms with Crippen molar-refractivity contribution in [3.05, 3.63) is 53.1 Å². The van der Waals surface area contributed by atoms with Gasteiger partial charge >= 0.3 is 0 Å².